The number of pyridine rings is 1. The molecule has 0 fully saturated rings. The molecule has 52 valence electrons. The van der Waals surface area contributed by atoms with Crippen LogP contribution in [0.2, 0.25) is 0 Å². The van der Waals surface area contributed by atoms with Crippen molar-refractivity contribution in [3.05, 3.63) is 24.0 Å². The Bertz CT molecular complexity index is 235. The van der Waals surface area contributed by atoms with Gasteiger partial charge in [-0.05, 0) is 6.07 Å². The van der Waals surface area contributed by atoms with Gasteiger partial charge in [0.25, 0.3) is 0 Å². The minimum absolute atomic E-state index is 0.388. The van der Waals surface area contributed by atoms with Crippen LogP contribution in [0.1, 0.15) is 10.5 Å². The van der Waals surface area contributed by atoms with Gasteiger partial charge in [-0.1, -0.05) is 0 Å². The van der Waals surface area contributed by atoms with Crippen LogP contribution in [0.4, 0.5) is 0 Å². The third-order valence-corrected chi connectivity index (χ3v) is 1.11. The number of rotatable bonds is 2. The first-order chi connectivity index (χ1) is 4.86. The average Bonchev–Trinajstić information content (AvgIpc) is 2.05. The van der Waals surface area contributed by atoms with E-state index < -0.39 is 0 Å². The number of hydrogen-bond acceptors (Lipinski definition) is 3. The lowest BCUT2D eigenvalue weighted by Gasteiger charge is -1.96. The molecule has 0 saturated heterocycles. The molecule has 3 heteroatoms. The van der Waals surface area contributed by atoms with Crippen LogP contribution in [0.3, 0.4) is 0 Å². The normalized spacial score (nSPS) is 8.90. The number of ether oxygens (including phenoxy) is 1. The summed E-state index contributed by atoms with van der Waals surface area (Å²) >= 11 is 0. The molecule has 0 radical (unpaired) electrons. The summed E-state index contributed by atoms with van der Waals surface area (Å²) in [5.74, 6) is 0.650. The molecule has 0 aliphatic rings. The molecular formula is C7H7NO2. The van der Waals surface area contributed by atoms with Crippen LogP contribution >= 0.6 is 0 Å². The lowest BCUT2D eigenvalue weighted by Crippen LogP contribution is -1.88. The zero-order valence-electron chi connectivity index (χ0n) is 5.57. The first-order valence-corrected chi connectivity index (χ1v) is 2.82. The third kappa shape index (κ3) is 1.31. The molecule has 1 aromatic rings. The van der Waals surface area contributed by atoms with Gasteiger partial charge in [-0.3, -0.25) is 9.78 Å². The molecule has 0 atom stereocenters. The van der Waals surface area contributed by atoms with Gasteiger partial charge >= 0.3 is 0 Å². The smallest absolute Gasteiger partial charge is 0.168 e. The van der Waals surface area contributed by atoms with E-state index in [4.69, 9.17) is 4.74 Å². The maximum absolute atomic E-state index is 10.2. The summed E-state index contributed by atoms with van der Waals surface area (Å²) in [6, 6.07) is 3.26. The summed E-state index contributed by atoms with van der Waals surface area (Å²) in [6.07, 6.45) is 2.21. The molecule has 1 heterocycles. The molecule has 10 heavy (non-hydrogen) atoms. The average molecular weight is 137 g/mol. The highest BCUT2D eigenvalue weighted by Gasteiger charge is 1.92. The minimum atomic E-state index is 0.388. The number of hydrogen-bond donors (Lipinski definition) is 0. The van der Waals surface area contributed by atoms with Crippen LogP contribution in [-0.4, -0.2) is 18.4 Å². The van der Waals surface area contributed by atoms with E-state index in [1.807, 2.05) is 0 Å². The van der Waals surface area contributed by atoms with Crippen LogP contribution in [0, 0.1) is 0 Å². The molecule has 0 aliphatic carbocycles. The van der Waals surface area contributed by atoms with Crippen molar-refractivity contribution in [2.45, 2.75) is 0 Å². The van der Waals surface area contributed by atoms with Crippen molar-refractivity contribution < 1.29 is 9.53 Å². The van der Waals surface area contributed by atoms with Crippen molar-refractivity contribution in [2.75, 3.05) is 7.11 Å². The second-order valence-electron chi connectivity index (χ2n) is 1.74. The van der Waals surface area contributed by atoms with Gasteiger partial charge in [0.2, 0.25) is 0 Å². The number of carbonyl (C=O) groups is 1. The molecule has 0 spiro atoms. The fourth-order valence-corrected chi connectivity index (χ4v) is 0.619. The summed E-state index contributed by atoms with van der Waals surface area (Å²) < 4.78 is 4.86. The van der Waals surface area contributed by atoms with E-state index in [1.165, 1.54) is 6.20 Å². The van der Waals surface area contributed by atoms with Crippen LogP contribution < -0.4 is 4.74 Å². The Morgan fingerprint density at radius 3 is 3.10 bits per heavy atom. The minimum Gasteiger partial charge on any atom is -0.497 e. The third-order valence-electron chi connectivity index (χ3n) is 1.11. The van der Waals surface area contributed by atoms with Gasteiger partial charge in [0.15, 0.2) is 6.29 Å². The van der Waals surface area contributed by atoms with Gasteiger partial charge in [0, 0.05) is 12.3 Å². The highest BCUT2D eigenvalue weighted by molar-refractivity contribution is 5.72. The number of aldehydes is 1. The number of nitrogens with zero attached hydrogens (tertiary/aromatic N) is 1. The molecule has 1 rings (SSSR count). The highest BCUT2D eigenvalue weighted by Crippen LogP contribution is 2.07. The van der Waals surface area contributed by atoms with Crippen LogP contribution in [0.25, 0.3) is 0 Å². The lowest BCUT2D eigenvalue weighted by atomic mass is 10.3. The Balaban J connectivity index is 2.98. The maximum atomic E-state index is 10.2. The standard InChI is InChI=1S/C7H7NO2/c1-10-7-2-3-8-6(4-7)5-9/h2-5H,1H3. The van der Waals surface area contributed by atoms with E-state index in [1.54, 1.807) is 19.2 Å². The second kappa shape index (κ2) is 2.96. The predicted molar refractivity (Wildman–Crippen MR) is 36.2 cm³/mol. The highest BCUT2D eigenvalue weighted by atomic mass is 16.5. The lowest BCUT2D eigenvalue weighted by molar-refractivity contribution is 0.111. The van der Waals surface area contributed by atoms with Crippen molar-refractivity contribution in [2.24, 2.45) is 0 Å². The van der Waals surface area contributed by atoms with E-state index in [2.05, 4.69) is 4.98 Å². The second-order valence-corrected chi connectivity index (χ2v) is 1.74. The van der Waals surface area contributed by atoms with Crippen molar-refractivity contribution in [3.63, 3.8) is 0 Å². The van der Waals surface area contributed by atoms with E-state index in [0.717, 1.165) is 0 Å². The van der Waals surface area contributed by atoms with Gasteiger partial charge in [-0.25, -0.2) is 0 Å². The summed E-state index contributed by atoms with van der Waals surface area (Å²) in [4.78, 5) is 13.9. The fraction of sp³-hybridized carbons (Fsp3) is 0.143. The van der Waals surface area contributed by atoms with E-state index >= 15 is 0 Å². The SMILES string of the molecule is COc1ccnc(C=O)c1. The van der Waals surface area contributed by atoms with E-state index in [0.29, 0.717) is 17.7 Å². The number of carbonyl (C=O) groups excluding carboxylic acids is 1. The molecule has 1 aromatic heterocycles. The van der Waals surface area contributed by atoms with Gasteiger partial charge in [-0.15, -0.1) is 0 Å². The monoisotopic (exact) mass is 137 g/mol. The van der Waals surface area contributed by atoms with E-state index in [-0.39, 0.29) is 0 Å². The molecule has 3 nitrogen and oxygen atoms in total. The molecule has 0 saturated carbocycles. The van der Waals surface area contributed by atoms with Crippen LogP contribution in [0.15, 0.2) is 18.3 Å². The first kappa shape index (κ1) is 6.74. The zero-order chi connectivity index (χ0) is 7.40. The van der Waals surface area contributed by atoms with Gasteiger partial charge in [-0.2, -0.15) is 0 Å². The van der Waals surface area contributed by atoms with E-state index in [9.17, 15) is 4.79 Å². The quantitative estimate of drug-likeness (QED) is 0.568. The fourth-order valence-electron chi connectivity index (χ4n) is 0.619. The summed E-state index contributed by atoms with van der Waals surface area (Å²) in [6.45, 7) is 0. The predicted octanol–water partition coefficient (Wildman–Crippen LogP) is 0.903. The summed E-state index contributed by atoms with van der Waals surface area (Å²) in [5.41, 5.74) is 0.388. The Morgan fingerprint density at radius 1 is 1.70 bits per heavy atom. The number of aromatic nitrogens is 1. The van der Waals surface area contributed by atoms with Crippen molar-refractivity contribution in [3.8, 4) is 5.75 Å². The maximum Gasteiger partial charge on any atom is 0.168 e. The molecular weight excluding hydrogens is 130 g/mol. The van der Waals surface area contributed by atoms with Gasteiger partial charge < -0.3 is 4.74 Å². The molecule has 0 aliphatic heterocycles. The topological polar surface area (TPSA) is 39.2 Å². The van der Waals surface area contributed by atoms with Crippen LogP contribution in [0.5, 0.6) is 5.75 Å². The van der Waals surface area contributed by atoms with Gasteiger partial charge in [0.05, 0.1) is 7.11 Å². The van der Waals surface area contributed by atoms with Crippen molar-refractivity contribution in [1.29, 1.82) is 0 Å². The Kier molecular flexibility index (Phi) is 1.99. The molecule has 0 unspecified atom stereocenters. The molecule has 0 N–H and O–H groups in total. The van der Waals surface area contributed by atoms with Crippen molar-refractivity contribution in [1.82, 2.24) is 4.98 Å². The van der Waals surface area contributed by atoms with Crippen LogP contribution in [-0.2, 0) is 0 Å². The molecule has 0 amide bonds. The number of methoxy groups -OCH3 is 1. The first-order valence-electron chi connectivity index (χ1n) is 2.82. The summed E-state index contributed by atoms with van der Waals surface area (Å²) in [5, 5.41) is 0. The Morgan fingerprint density at radius 2 is 2.50 bits per heavy atom. The molecule has 0 aromatic carbocycles. The van der Waals surface area contributed by atoms with Gasteiger partial charge in [0.1, 0.15) is 11.4 Å². The summed E-state index contributed by atoms with van der Waals surface area (Å²) in [7, 11) is 1.55. The molecule has 0 bridgehead atoms. The van der Waals surface area contributed by atoms with Crippen molar-refractivity contribution >= 4 is 6.29 Å². The largest absolute Gasteiger partial charge is 0.497 e. The Labute approximate surface area is 58.7 Å². The Hall–Kier alpha value is -1.38. The zero-order valence-corrected chi connectivity index (χ0v) is 5.57.